The smallest absolute Gasteiger partial charge is 0.232 e. The molecular formula is C17H25N3O2. The van der Waals surface area contributed by atoms with E-state index in [1.165, 1.54) is 0 Å². The largest absolute Gasteiger partial charge is 0.345 e. The van der Waals surface area contributed by atoms with Crippen molar-refractivity contribution in [3.05, 3.63) is 30.1 Å². The van der Waals surface area contributed by atoms with Gasteiger partial charge in [0.25, 0.3) is 0 Å². The van der Waals surface area contributed by atoms with Crippen molar-refractivity contribution in [1.29, 1.82) is 0 Å². The molecule has 1 aromatic rings. The van der Waals surface area contributed by atoms with Gasteiger partial charge < -0.3 is 9.80 Å². The van der Waals surface area contributed by atoms with E-state index in [4.69, 9.17) is 0 Å². The number of hydrogen-bond donors (Lipinski definition) is 0. The lowest BCUT2D eigenvalue weighted by Crippen LogP contribution is -2.41. The van der Waals surface area contributed by atoms with Crippen LogP contribution in [0.1, 0.15) is 31.7 Å². The van der Waals surface area contributed by atoms with Gasteiger partial charge in [0, 0.05) is 39.1 Å². The first-order chi connectivity index (χ1) is 10.6. The fourth-order valence-corrected chi connectivity index (χ4v) is 2.61. The van der Waals surface area contributed by atoms with Crippen LogP contribution in [0.4, 0.5) is 0 Å². The predicted molar refractivity (Wildman–Crippen MR) is 85.2 cm³/mol. The lowest BCUT2D eigenvalue weighted by molar-refractivity contribution is -0.140. The van der Waals surface area contributed by atoms with E-state index in [9.17, 15) is 9.59 Å². The molecule has 0 radical (unpaired) electrons. The highest BCUT2D eigenvalue weighted by Gasteiger charge is 2.23. The number of likely N-dealkylation sites (N-methyl/N-ethyl adjacent to an activating group) is 1. The Kier molecular flexibility index (Phi) is 5.92. The predicted octanol–water partition coefficient (Wildman–Crippen LogP) is 1.73. The maximum atomic E-state index is 12.2. The molecule has 5 heteroatoms. The highest BCUT2D eigenvalue weighted by Crippen LogP contribution is 2.16. The molecule has 0 bridgehead atoms. The Morgan fingerprint density at radius 3 is 2.55 bits per heavy atom. The SMILES string of the molecule is CC1CCN(C(=O)CC(=O)N(C)CCc2ccncc2)CC1. The van der Waals surface area contributed by atoms with Crippen LogP contribution in [-0.2, 0) is 16.0 Å². The van der Waals surface area contributed by atoms with Crippen molar-refractivity contribution < 1.29 is 9.59 Å². The minimum absolute atomic E-state index is 0.0127. The van der Waals surface area contributed by atoms with Crippen LogP contribution in [0.5, 0.6) is 0 Å². The third-order valence-electron chi connectivity index (χ3n) is 4.35. The normalized spacial score (nSPS) is 15.6. The molecule has 1 aliphatic rings. The van der Waals surface area contributed by atoms with Crippen LogP contribution in [0.3, 0.4) is 0 Å². The molecule has 0 atom stereocenters. The van der Waals surface area contributed by atoms with E-state index >= 15 is 0 Å². The standard InChI is InChI=1S/C17H25N3O2/c1-14-5-11-20(12-6-14)17(22)13-16(21)19(2)10-7-15-3-8-18-9-4-15/h3-4,8-9,14H,5-7,10-13H2,1-2H3. The summed E-state index contributed by atoms with van der Waals surface area (Å²) in [4.78, 5) is 31.8. The van der Waals surface area contributed by atoms with E-state index in [1.807, 2.05) is 17.0 Å². The molecule has 0 spiro atoms. The summed E-state index contributed by atoms with van der Waals surface area (Å²) in [5.74, 6) is 0.549. The first-order valence-corrected chi connectivity index (χ1v) is 7.97. The summed E-state index contributed by atoms with van der Waals surface area (Å²) in [6.45, 7) is 4.40. The van der Waals surface area contributed by atoms with Crippen molar-refractivity contribution in [2.75, 3.05) is 26.7 Å². The Labute approximate surface area is 132 Å². The average Bonchev–Trinajstić information content (AvgIpc) is 2.54. The molecule has 2 heterocycles. The molecule has 0 saturated carbocycles. The monoisotopic (exact) mass is 303 g/mol. The quantitative estimate of drug-likeness (QED) is 0.779. The molecule has 1 fully saturated rings. The van der Waals surface area contributed by atoms with Crippen molar-refractivity contribution in [2.45, 2.75) is 32.6 Å². The Morgan fingerprint density at radius 2 is 1.91 bits per heavy atom. The van der Waals surface area contributed by atoms with Gasteiger partial charge in [-0.15, -0.1) is 0 Å². The van der Waals surface area contributed by atoms with Gasteiger partial charge in [-0.2, -0.15) is 0 Å². The Morgan fingerprint density at radius 1 is 1.27 bits per heavy atom. The minimum atomic E-state index is -0.0994. The zero-order valence-corrected chi connectivity index (χ0v) is 13.5. The van der Waals surface area contributed by atoms with Gasteiger partial charge in [-0.05, 0) is 42.9 Å². The molecule has 1 aromatic heterocycles. The van der Waals surface area contributed by atoms with E-state index < -0.39 is 0 Å². The van der Waals surface area contributed by atoms with Crippen LogP contribution < -0.4 is 0 Å². The second-order valence-electron chi connectivity index (χ2n) is 6.16. The van der Waals surface area contributed by atoms with Crippen molar-refractivity contribution in [3.63, 3.8) is 0 Å². The Hall–Kier alpha value is -1.91. The summed E-state index contributed by atoms with van der Waals surface area (Å²) in [5.41, 5.74) is 1.14. The zero-order valence-electron chi connectivity index (χ0n) is 13.5. The number of carbonyl (C=O) groups excluding carboxylic acids is 2. The summed E-state index contributed by atoms with van der Waals surface area (Å²) in [6, 6.07) is 3.89. The van der Waals surface area contributed by atoms with Crippen molar-refractivity contribution in [1.82, 2.24) is 14.8 Å². The molecule has 0 aliphatic carbocycles. The summed E-state index contributed by atoms with van der Waals surface area (Å²) < 4.78 is 0. The van der Waals surface area contributed by atoms with Gasteiger partial charge in [-0.3, -0.25) is 14.6 Å². The first kappa shape index (κ1) is 16.5. The van der Waals surface area contributed by atoms with Crippen LogP contribution in [0.2, 0.25) is 0 Å². The van der Waals surface area contributed by atoms with Crippen molar-refractivity contribution in [2.24, 2.45) is 5.92 Å². The summed E-state index contributed by atoms with van der Waals surface area (Å²) >= 11 is 0. The number of likely N-dealkylation sites (tertiary alicyclic amines) is 1. The highest BCUT2D eigenvalue weighted by atomic mass is 16.2. The Balaban J connectivity index is 1.75. The van der Waals surface area contributed by atoms with Gasteiger partial charge in [0.05, 0.1) is 0 Å². The van der Waals surface area contributed by atoms with Gasteiger partial charge in [0.1, 0.15) is 6.42 Å². The molecule has 0 N–H and O–H groups in total. The van der Waals surface area contributed by atoms with Crippen LogP contribution in [0.15, 0.2) is 24.5 Å². The zero-order chi connectivity index (χ0) is 15.9. The molecule has 2 rings (SSSR count). The van der Waals surface area contributed by atoms with E-state index in [2.05, 4.69) is 11.9 Å². The fourth-order valence-electron chi connectivity index (χ4n) is 2.61. The first-order valence-electron chi connectivity index (χ1n) is 7.97. The number of carbonyl (C=O) groups is 2. The maximum Gasteiger partial charge on any atom is 0.232 e. The van der Waals surface area contributed by atoms with Gasteiger partial charge in [-0.25, -0.2) is 0 Å². The molecule has 2 amide bonds. The second kappa shape index (κ2) is 7.92. The van der Waals surface area contributed by atoms with Gasteiger partial charge >= 0.3 is 0 Å². The molecule has 22 heavy (non-hydrogen) atoms. The maximum absolute atomic E-state index is 12.2. The number of pyridine rings is 1. The summed E-state index contributed by atoms with van der Waals surface area (Å²) in [5, 5.41) is 0. The molecular weight excluding hydrogens is 278 g/mol. The lowest BCUT2D eigenvalue weighted by atomic mass is 9.99. The van der Waals surface area contributed by atoms with Gasteiger partial charge in [0.2, 0.25) is 11.8 Å². The van der Waals surface area contributed by atoms with Gasteiger partial charge in [-0.1, -0.05) is 6.92 Å². The minimum Gasteiger partial charge on any atom is -0.345 e. The van der Waals surface area contributed by atoms with Gasteiger partial charge in [0.15, 0.2) is 0 Å². The number of hydrogen-bond acceptors (Lipinski definition) is 3. The van der Waals surface area contributed by atoms with Crippen LogP contribution in [-0.4, -0.2) is 53.3 Å². The molecule has 0 aromatic carbocycles. The Bertz CT molecular complexity index is 496. The molecule has 120 valence electrons. The number of piperidine rings is 1. The van der Waals surface area contributed by atoms with E-state index in [1.54, 1.807) is 24.3 Å². The van der Waals surface area contributed by atoms with Crippen LogP contribution in [0.25, 0.3) is 0 Å². The topological polar surface area (TPSA) is 53.5 Å². The molecule has 1 aliphatic heterocycles. The van der Waals surface area contributed by atoms with Crippen molar-refractivity contribution >= 4 is 11.8 Å². The van der Waals surface area contributed by atoms with E-state index in [-0.39, 0.29) is 18.2 Å². The molecule has 1 saturated heterocycles. The summed E-state index contributed by atoms with van der Waals surface area (Å²) in [7, 11) is 1.76. The lowest BCUT2D eigenvalue weighted by Gasteiger charge is -2.30. The van der Waals surface area contributed by atoms with Crippen LogP contribution >= 0.6 is 0 Å². The number of nitrogens with zero attached hydrogens (tertiary/aromatic N) is 3. The number of rotatable bonds is 5. The van der Waals surface area contributed by atoms with E-state index in [0.717, 1.165) is 37.9 Å². The average molecular weight is 303 g/mol. The summed E-state index contributed by atoms with van der Waals surface area (Å²) in [6.07, 6.45) is 6.34. The van der Waals surface area contributed by atoms with Crippen molar-refractivity contribution in [3.8, 4) is 0 Å². The molecule has 0 unspecified atom stereocenters. The second-order valence-corrected chi connectivity index (χ2v) is 6.16. The van der Waals surface area contributed by atoms with E-state index in [0.29, 0.717) is 12.5 Å². The third kappa shape index (κ3) is 4.83. The third-order valence-corrected chi connectivity index (χ3v) is 4.35. The number of amides is 2. The number of aromatic nitrogens is 1. The van der Waals surface area contributed by atoms with Crippen LogP contribution in [0, 0.1) is 5.92 Å². The molecule has 5 nitrogen and oxygen atoms in total. The highest BCUT2D eigenvalue weighted by molar-refractivity contribution is 5.96. The fraction of sp³-hybridized carbons (Fsp3) is 0.588.